The predicted octanol–water partition coefficient (Wildman–Crippen LogP) is 2.93. The molecule has 57 valence electrons. The Morgan fingerprint density at radius 1 is 1.40 bits per heavy atom. The van der Waals surface area contributed by atoms with Crippen LogP contribution in [0, 0.1) is 24.2 Å². The second-order valence-corrected chi connectivity index (χ2v) is 2.73. The molecule has 0 aliphatic carbocycles. The minimum Gasteiger partial charge on any atom is -0.198 e. The molecule has 0 amide bonds. The van der Waals surface area contributed by atoms with Gasteiger partial charge in [-0.05, 0) is 13.3 Å². The van der Waals surface area contributed by atoms with Gasteiger partial charge in [0.2, 0.25) is 0 Å². The monoisotopic (exact) mass is 138 g/mol. The minimum atomic E-state index is 0.241. The first-order chi connectivity index (χ1) is 4.81. The number of hydrogen-bond acceptors (Lipinski definition) is 1. The highest BCUT2D eigenvalue weighted by molar-refractivity contribution is 4.77. The van der Waals surface area contributed by atoms with Crippen molar-refractivity contribution in [1.82, 2.24) is 0 Å². The highest BCUT2D eigenvalue weighted by atomic mass is 14.3. The molecule has 0 aliphatic heterocycles. The maximum Gasteiger partial charge on any atom is 0.0652 e. The largest absolute Gasteiger partial charge is 0.198 e. The molecule has 1 unspecified atom stereocenters. The van der Waals surface area contributed by atoms with Crippen LogP contribution in [0.15, 0.2) is 0 Å². The van der Waals surface area contributed by atoms with Gasteiger partial charge in [0.15, 0.2) is 0 Å². The summed E-state index contributed by atoms with van der Waals surface area (Å²) < 4.78 is 0. The summed E-state index contributed by atoms with van der Waals surface area (Å²) in [4.78, 5) is 0. The molecule has 0 heterocycles. The molecule has 1 nitrogen and oxygen atoms in total. The van der Waals surface area contributed by atoms with Gasteiger partial charge in [-0.1, -0.05) is 32.6 Å². The van der Waals surface area contributed by atoms with Gasteiger partial charge in [0, 0.05) is 5.92 Å². The Labute approximate surface area is 64.1 Å². The average molecular weight is 138 g/mol. The molecule has 0 rings (SSSR count). The lowest BCUT2D eigenvalue weighted by Crippen LogP contribution is -1.88. The third-order valence-corrected chi connectivity index (χ3v) is 1.61. The average Bonchev–Trinajstić information content (AvgIpc) is 1.98. The van der Waals surface area contributed by atoms with Crippen molar-refractivity contribution in [3.8, 4) is 6.07 Å². The first-order valence-corrected chi connectivity index (χ1v) is 4.00. The molecule has 0 aliphatic rings. The molecule has 0 saturated heterocycles. The zero-order valence-corrected chi connectivity index (χ0v) is 6.77. The van der Waals surface area contributed by atoms with Crippen LogP contribution in [0.1, 0.15) is 39.0 Å². The maximum atomic E-state index is 8.43. The summed E-state index contributed by atoms with van der Waals surface area (Å²) in [6.45, 7) is 5.73. The number of unbranched alkanes of at least 4 members (excludes halogenated alkanes) is 3. The normalized spacial score (nSPS) is 12.5. The van der Waals surface area contributed by atoms with Gasteiger partial charge in [0.1, 0.15) is 0 Å². The van der Waals surface area contributed by atoms with Crippen LogP contribution >= 0.6 is 0 Å². The Hall–Kier alpha value is -0.510. The zero-order chi connectivity index (χ0) is 7.82. The summed E-state index contributed by atoms with van der Waals surface area (Å²) in [7, 11) is 0. The van der Waals surface area contributed by atoms with Gasteiger partial charge < -0.3 is 0 Å². The van der Waals surface area contributed by atoms with Crippen LogP contribution in [0.4, 0.5) is 0 Å². The van der Waals surface area contributed by atoms with E-state index in [1.807, 2.05) is 6.92 Å². The Morgan fingerprint density at radius 2 is 2.10 bits per heavy atom. The van der Waals surface area contributed by atoms with E-state index in [2.05, 4.69) is 13.0 Å². The van der Waals surface area contributed by atoms with Crippen LogP contribution in [0.2, 0.25) is 0 Å². The molecule has 0 spiro atoms. The summed E-state index contributed by atoms with van der Waals surface area (Å²) >= 11 is 0. The van der Waals surface area contributed by atoms with Crippen molar-refractivity contribution in [2.24, 2.45) is 5.92 Å². The molecule has 0 bridgehead atoms. The standard InChI is InChI=1S/C9H16N/c1-3-4-5-6-7-9(2)8-10/h9H,1,3-7H2,2H3. The summed E-state index contributed by atoms with van der Waals surface area (Å²) in [5.74, 6) is 0.241. The summed E-state index contributed by atoms with van der Waals surface area (Å²) in [5, 5.41) is 8.43. The van der Waals surface area contributed by atoms with Crippen LogP contribution in [-0.4, -0.2) is 0 Å². The van der Waals surface area contributed by atoms with Gasteiger partial charge >= 0.3 is 0 Å². The summed E-state index contributed by atoms with van der Waals surface area (Å²) in [6, 6.07) is 2.23. The third kappa shape index (κ3) is 5.62. The fourth-order valence-corrected chi connectivity index (χ4v) is 0.869. The maximum absolute atomic E-state index is 8.43. The quantitative estimate of drug-likeness (QED) is 0.536. The van der Waals surface area contributed by atoms with E-state index in [4.69, 9.17) is 5.26 Å². The van der Waals surface area contributed by atoms with E-state index in [1.54, 1.807) is 0 Å². The molecular weight excluding hydrogens is 122 g/mol. The molecule has 1 heteroatoms. The molecule has 10 heavy (non-hydrogen) atoms. The number of nitrogens with zero attached hydrogens (tertiary/aromatic N) is 1. The molecule has 0 aromatic carbocycles. The zero-order valence-electron chi connectivity index (χ0n) is 6.77. The number of rotatable bonds is 5. The Kier molecular flexibility index (Phi) is 6.27. The van der Waals surface area contributed by atoms with Gasteiger partial charge in [-0.2, -0.15) is 5.26 Å². The second-order valence-electron chi connectivity index (χ2n) is 2.73. The van der Waals surface area contributed by atoms with Crippen molar-refractivity contribution in [3.63, 3.8) is 0 Å². The van der Waals surface area contributed by atoms with E-state index in [0.29, 0.717) is 0 Å². The van der Waals surface area contributed by atoms with E-state index in [1.165, 1.54) is 19.3 Å². The second kappa shape index (κ2) is 6.61. The van der Waals surface area contributed by atoms with Crippen molar-refractivity contribution in [1.29, 1.82) is 5.26 Å². The fourth-order valence-electron chi connectivity index (χ4n) is 0.869. The Morgan fingerprint density at radius 3 is 2.60 bits per heavy atom. The minimum absolute atomic E-state index is 0.241. The van der Waals surface area contributed by atoms with E-state index < -0.39 is 0 Å². The first kappa shape index (κ1) is 9.49. The van der Waals surface area contributed by atoms with Crippen LogP contribution in [0.5, 0.6) is 0 Å². The van der Waals surface area contributed by atoms with E-state index >= 15 is 0 Å². The molecule has 0 N–H and O–H groups in total. The highest BCUT2D eigenvalue weighted by Crippen LogP contribution is 2.08. The van der Waals surface area contributed by atoms with Gasteiger partial charge in [0.05, 0.1) is 6.07 Å². The molecule has 1 atom stereocenters. The van der Waals surface area contributed by atoms with Crippen LogP contribution in [0.25, 0.3) is 0 Å². The number of nitriles is 1. The SMILES string of the molecule is [CH2]CCCCCC(C)C#N. The summed E-state index contributed by atoms with van der Waals surface area (Å²) in [6.07, 6.45) is 5.70. The lowest BCUT2D eigenvalue weighted by molar-refractivity contribution is 0.574. The first-order valence-electron chi connectivity index (χ1n) is 4.00. The smallest absolute Gasteiger partial charge is 0.0652 e. The van der Waals surface area contributed by atoms with E-state index in [0.717, 1.165) is 12.8 Å². The van der Waals surface area contributed by atoms with Crippen molar-refractivity contribution >= 4 is 0 Å². The van der Waals surface area contributed by atoms with Crippen LogP contribution < -0.4 is 0 Å². The van der Waals surface area contributed by atoms with E-state index in [-0.39, 0.29) is 5.92 Å². The van der Waals surface area contributed by atoms with Crippen LogP contribution in [-0.2, 0) is 0 Å². The molecular formula is C9H16N. The van der Waals surface area contributed by atoms with Crippen molar-refractivity contribution in [3.05, 3.63) is 6.92 Å². The molecule has 0 aromatic heterocycles. The molecule has 0 saturated carbocycles. The molecule has 1 radical (unpaired) electrons. The highest BCUT2D eigenvalue weighted by Gasteiger charge is 1.97. The molecule has 0 fully saturated rings. The van der Waals surface area contributed by atoms with Crippen molar-refractivity contribution < 1.29 is 0 Å². The van der Waals surface area contributed by atoms with Gasteiger partial charge in [-0.25, -0.2) is 0 Å². The van der Waals surface area contributed by atoms with Crippen molar-refractivity contribution in [2.45, 2.75) is 39.0 Å². The van der Waals surface area contributed by atoms with Crippen molar-refractivity contribution in [2.75, 3.05) is 0 Å². The third-order valence-electron chi connectivity index (χ3n) is 1.61. The topological polar surface area (TPSA) is 23.8 Å². The summed E-state index contributed by atoms with van der Waals surface area (Å²) in [5.41, 5.74) is 0. The lowest BCUT2D eigenvalue weighted by atomic mass is 10.0. The van der Waals surface area contributed by atoms with E-state index in [9.17, 15) is 0 Å². The van der Waals surface area contributed by atoms with Gasteiger partial charge in [-0.15, -0.1) is 0 Å². The molecule has 0 aromatic rings. The number of hydrogen-bond donors (Lipinski definition) is 0. The fraction of sp³-hybridized carbons (Fsp3) is 0.778. The lowest BCUT2D eigenvalue weighted by Gasteiger charge is -1.99. The van der Waals surface area contributed by atoms with Gasteiger partial charge in [0.25, 0.3) is 0 Å². The van der Waals surface area contributed by atoms with Crippen LogP contribution in [0.3, 0.4) is 0 Å². The Bertz CT molecular complexity index is 102. The predicted molar refractivity (Wildman–Crippen MR) is 43.2 cm³/mol. The Balaban J connectivity index is 2.98. The van der Waals surface area contributed by atoms with Gasteiger partial charge in [-0.3, -0.25) is 0 Å².